The number of halogens is 2. The van der Waals surface area contributed by atoms with Gasteiger partial charge in [0.05, 0.1) is 12.1 Å². The highest BCUT2D eigenvalue weighted by Gasteiger charge is 2.40. The van der Waals surface area contributed by atoms with Gasteiger partial charge in [-0.1, -0.05) is 28.1 Å². The maximum atomic E-state index is 13.8. The molecule has 0 radical (unpaired) electrons. The summed E-state index contributed by atoms with van der Waals surface area (Å²) in [5, 5.41) is 3.01. The van der Waals surface area contributed by atoms with Crippen molar-refractivity contribution in [2.45, 2.75) is 12.5 Å². The summed E-state index contributed by atoms with van der Waals surface area (Å²) in [5.41, 5.74) is 0.724. The van der Waals surface area contributed by atoms with Gasteiger partial charge in [0.1, 0.15) is 11.9 Å². The van der Waals surface area contributed by atoms with Crippen molar-refractivity contribution in [2.24, 2.45) is 0 Å². The summed E-state index contributed by atoms with van der Waals surface area (Å²) in [7, 11) is 0. The van der Waals surface area contributed by atoms with E-state index in [0.29, 0.717) is 0 Å². The number of hydrogen-bond donors (Lipinski definition) is 1. The van der Waals surface area contributed by atoms with E-state index in [4.69, 9.17) is 0 Å². The van der Waals surface area contributed by atoms with Crippen molar-refractivity contribution < 1.29 is 14.0 Å². The molecule has 0 aromatic heterocycles. The van der Waals surface area contributed by atoms with Crippen molar-refractivity contribution in [1.29, 1.82) is 0 Å². The van der Waals surface area contributed by atoms with Crippen LogP contribution < -0.4 is 10.2 Å². The highest BCUT2D eigenvalue weighted by Crippen LogP contribution is 2.27. The van der Waals surface area contributed by atoms with Crippen molar-refractivity contribution in [3.05, 3.63) is 58.8 Å². The first-order valence-corrected chi connectivity index (χ1v) is 7.49. The Balaban J connectivity index is 1.82. The first kappa shape index (κ1) is 14.7. The van der Waals surface area contributed by atoms with E-state index in [1.807, 2.05) is 12.1 Å². The van der Waals surface area contributed by atoms with Crippen molar-refractivity contribution in [3.8, 4) is 0 Å². The lowest BCUT2D eigenvalue weighted by molar-refractivity contribution is -0.121. The van der Waals surface area contributed by atoms with E-state index in [0.717, 1.165) is 15.1 Å². The van der Waals surface area contributed by atoms with Gasteiger partial charge in [0.15, 0.2) is 0 Å². The lowest BCUT2D eigenvalue weighted by Gasteiger charge is -2.16. The topological polar surface area (TPSA) is 49.4 Å². The number of benzene rings is 2. The van der Waals surface area contributed by atoms with Crippen LogP contribution in [-0.4, -0.2) is 17.9 Å². The first-order chi connectivity index (χ1) is 10.6. The summed E-state index contributed by atoms with van der Waals surface area (Å²) in [5.74, 6) is -1.45. The maximum absolute atomic E-state index is 13.8. The fraction of sp³-hybridized carbons (Fsp3) is 0.125. The van der Waals surface area contributed by atoms with Gasteiger partial charge in [0.25, 0.3) is 5.91 Å². The molecule has 22 heavy (non-hydrogen) atoms. The highest BCUT2D eigenvalue weighted by atomic mass is 79.9. The van der Waals surface area contributed by atoms with Crippen LogP contribution in [0.2, 0.25) is 0 Å². The Hall–Kier alpha value is -2.21. The largest absolute Gasteiger partial charge is 0.373 e. The lowest BCUT2D eigenvalue weighted by atomic mass is 10.2. The average molecular weight is 363 g/mol. The first-order valence-electron chi connectivity index (χ1n) is 6.69. The van der Waals surface area contributed by atoms with Crippen LogP contribution in [0.5, 0.6) is 0 Å². The summed E-state index contributed by atoms with van der Waals surface area (Å²) < 4.78 is 14.7. The van der Waals surface area contributed by atoms with Crippen LogP contribution in [0, 0.1) is 5.82 Å². The molecule has 1 aliphatic heterocycles. The third kappa shape index (κ3) is 2.74. The zero-order chi connectivity index (χ0) is 15.7. The summed E-state index contributed by atoms with van der Waals surface area (Å²) in [6.07, 6.45) is 0.00321. The molecule has 1 heterocycles. The average Bonchev–Trinajstić information content (AvgIpc) is 2.77. The predicted molar refractivity (Wildman–Crippen MR) is 85.1 cm³/mol. The summed E-state index contributed by atoms with van der Waals surface area (Å²) in [4.78, 5) is 25.4. The quantitative estimate of drug-likeness (QED) is 0.852. The maximum Gasteiger partial charge on any atom is 0.256 e. The van der Waals surface area contributed by atoms with Crippen LogP contribution in [0.4, 0.5) is 15.8 Å². The fourth-order valence-electron chi connectivity index (χ4n) is 2.38. The van der Waals surface area contributed by atoms with Gasteiger partial charge in [0.2, 0.25) is 5.91 Å². The summed E-state index contributed by atoms with van der Waals surface area (Å²) in [6.45, 7) is 0. The number of para-hydroxylation sites is 1. The van der Waals surface area contributed by atoms with Crippen molar-refractivity contribution in [2.75, 3.05) is 10.2 Å². The molecule has 6 heteroatoms. The molecule has 0 unspecified atom stereocenters. The Morgan fingerprint density at radius 3 is 2.45 bits per heavy atom. The van der Waals surface area contributed by atoms with Gasteiger partial charge in [-0.05, 0) is 36.4 Å². The fourth-order valence-corrected chi connectivity index (χ4v) is 2.64. The molecule has 1 saturated heterocycles. The molecule has 2 amide bonds. The molecule has 2 aromatic carbocycles. The molecule has 1 N–H and O–H groups in total. The third-order valence-electron chi connectivity index (χ3n) is 3.43. The minimum atomic E-state index is -0.687. The zero-order valence-electron chi connectivity index (χ0n) is 11.4. The Labute approximate surface area is 135 Å². The van der Waals surface area contributed by atoms with Crippen LogP contribution in [0.15, 0.2) is 53.0 Å². The number of carbonyl (C=O) groups is 2. The van der Waals surface area contributed by atoms with Crippen LogP contribution in [-0.2, 0) is 9.59 Å². The second kappa shape index (κ2) is 5.88. The lowest BCUT2D eigenvalue weighted by Crippen LogP contribution is -2.35. The monoisotopic (exact) mass is 362 g/mol. The van der Waals surface area contributed by atoms with Gasteiger partial charge in [0, 0.05) is 10.2 Å². The molecule has 112 valence electrons. The second-order valence-corrected chi connectivity index (χ2v) is 5.84. The number of hydrogen-bond acceptors (Lipinski definition) is 3. The van der Waals surface area contributed by atoms with Crippen molar-refractivity contribution >= 4 is 39.1 Å². The van der Waals surface area contributed by atoms with E-state index in [9.17, 15) is 14.0 Å². The SMILES string of the molecule is O=C1C[C@H](Nc2ccc(Br)cc2)C(=O)N1c1ccccc1F. The van der Waals surface area contributed by atoms with Crippen LogP contribution >= 0.6 is 15.9 Å². The van der Waals surface area contributed by atoms with Gasteiger partial charge < -0.3 is 5.32 Å². The number of carbonyl (C=O) groups excluding carboxylic acids is 2. The summed E-state index contributed by atoms with van der Waals surface area (Å²) in [6, 6.07) is 12.3. The molecular weight excluding hydrogens is 351 g/mol. The molecule has 0 aliphatic carbocycles. The number of rotatable bonds is 3. The van der Waals surface area contributed by atoms with Crippen molar-refractivity contribution in [3.63, 3.8) is 0 Å². The van der Waals surface area contributed by atoms with Crippen LogP contribution in [0.3, 0.4) is 0 Å². The number of nitrogens with zero attached hydrogens (tertiary/aromatic N) is 1. The van der Waals surface area contributed by atoms with Gasteiger partial charge in [-0.25, -0.2) is 9.29 Å². The Kier molecular flexibility index (Phi) is 3.94. The van der Waals surface area contributed by atoms with E-state index in [1.165, 1.54) is 18.2 Å². The number of nitrogens with one attached hydrogen (secondary N) is 1. The molecule has 1 atom stereocenters. The van der Waals surface area contributed by atoms with Gasteiger partial charge >= 0.3 is 0 Å². The van der Waals surface area contributed by atoms with E-state index in [2.05, 4.69) is 21.2 Å². The van der Waals surface area contributed by atoms with E-state index >= 15 is 0 Å². The van der Waals surface area contributed by atoms with E-state index in [-0.39, 0.29) is 12.1 Å². The Morgan fingerprint density at radius 1 is 1.09 bits per heavy atom. The van der Waals surface area contributed by atoms with Crippen LogP contribution in [0.25, 0.3) is 0 Å². The zero-order valence-corrected chi connectivity index (χ0v) is 13.0. The molecule has 2 aromatic rings. The smallest absolute Gasteiger partial charge is 0.256 e. The number of imide groups is 1. The predicted octanol–water partition coefficient (Wildman–Crippen LogP) is 3.33. The summed E-state index contributed by atoms with van der Waals surface area (Å²) >= 11 is 3.33. The van der Waals surface area contributed by atoms with Gasteiger partial charge in [-0.2, -0.15) is 0 Å². The Bertz CT molecular complexity index is 733. The molecule has 3 rings (SSSR count). The van der Waals surface area contributed by atoms with Gasteiger partial charge in [-0.15, -0.1) is 0 Å². The third-order valence-corrected chi connectivity index (χ3v) is 3.95. The number of amides is 2. The minimum absolute atomic E-state index is 0.00222. The number of anilines is 2. The standard InChI is InChI=1S/C16H12BrFN2O2/c17-10-5-7-11(8-6-10)19-13-9-15(21)20(16(13)22)14-4-2-1-3-12(14)18/h1-8,13,19H,9H2/t13-/m0/s1. The van der Waals surface area contributed by atoms with Crippen molar-refractivity contribution in [1.82, 2.24) is 0 Å². The second-order valence-electron chi connectivity index (χ2n) is 4.93. The Morgan fingerprint density at radius 2 is 1.77 bits per heavy atom. The molecular formula is C16H12BrFN2O2. The molecule has 1 aliphatic rings. The molecule has 0 spiro atoms. The molecule has 4 nitrogen and oxygen atoms in total. The minimum Gasteiger partial charge on any atom is -0.373 e. The molecule has 1 fully saturated rings. The van der Waals surface area contributed by atoms with E-state index < -0.39 is 23.7 Å². The van der Waals surface area contributed by atoms with E-state index in [1.54, 1.807) is 18.2 Å². The molecule has 0 bridgehead atoms. The van der Waals surface area contributed by atoms with Crippen LogP contribution in [0.1, 0.15) is 6.42 Å². The van der Waals surface area contributed by atoms with Gasteiger partial charge in [-0.3, -0.25) is 9.59 Å². The highest BCUT2D eigenvalue weighted by molar-refractivity contribution is 9.10. The molecule has 0 saturated carbocycles. The normalized spacial score (nSPS) is 17.9.